The fourth-order valence-electron chi connectivity index (χ4n) is 3.31. The van der Waals surface area contributed by atoms with Gasteiger partial charge in [0, 0.05) is 5.57 Å². The highest BCUT2D eigenvalue weighted by molar-refractivity contribution is 5.87. The molecule has 1 aliphatic rings. The second-order valence-electron chi connectivity index (χ2n) is 7.29. The second kappa shape index (κ2) is 7.95. The maximum absolute atomic E-state index is 14.9. The lowest BCUT2D eigenvalue weighted by molar-refractivity contribution is -0.445. The third kappa shape index (κ3) is 4.03. The van der Waals surface area contributed by atoms with Crippen LogP contribution in [0.4, 0.5) is 52.7 Å². The molecule has 4 atom stereocenters. The number of carbonyl (C=O) groups excluding carboxylic acids is 1. The lowest BCUT2D eigenvalue weighted by Gasteiger charge is -2.52. The average molecular weight is 500 g/mol. The Hall–Kier alpha value is -1.71. The molecule has 2 N–H and O–H groups in total. The molecule has 0 aromatic heterocycles. The molecular formula is C16H16F12O4. The maximum atomic E-state index is 14.9. The number of aliphatic hydroxyl groups is 2. The van der Waals surface area contributed by atoms with Crippen molar-refractivity contribution in [3.8, 4) is 0 Å². The minimum atomic E-state index is -6.94. The Kier molecular flexibility index (Phi) is 7.04. The smallest absolute Gasteiger partial charge is 0.448 e. The number of esters is 1. The molecule has 0 bridgehead atoms. The summed E-state index contributed by atoms with van der Waals surface area (Å²) < 4.78 is 167. The van der Waals surface area contributed by atoms with Crippen molar-refractivity contribution in [2.75, 3.05) is 0 Å². The summed E-state index contributed by atoms with van der Waals surface area (Å²) in [4.78, 5) is 11.8. The van der Waals surface area contributed by atoms with E-state index in [1.165, 1.54) is 0 Å². The molecule has 0 aliphatic heterocycles. The van der Waals surface area contributed by atoms with E-state index >= 15 is 0 Å². The normalized spacial score (nSPS) is 27.3. The topological polar surface area (TPSA) is 66.8 Å². The number of carbonyl (C=O) groups is 1. The predicted molar refractivity (Wildman–Crippen MR) is 79.7 cm³/mol. The van der Waals surface area contributed by atoms with Crippen molar-refractivity contribution in [3.63, 3.8) is 0 Å². The van der Waals surface area contributed by atoms with Gasteiger partial charge in [0.1, 0.15) is 0 Å². The summed E-state index contributed by atoms with van der Waals surface area (Å²) in [6.07, 6.45) is -19.0. The maximum Gasteiger partial charge on any atom is 0.454 e. The quantitative estimate of drug-likeness (QED) is 0.314. The summed E-state index contributed by atoms with van der Waals surface area (Å²) in [6.45, 7) is 3.49. The first-order valence-electron chi connectivity index (χ1n) is 8.52. The average Bonchev–Trinajstić information content (AvgIpc) is 2.59. The van der Waals surface area contributed by atoms with Crippen LogP contribution < -0.4 is 0 Å². The van der Waals surface area contributed by atoms with E-state index in [0.29, 0.717) is 6.92 Å². The largest absolute Gasteiger partial charge is 0.454 e. The van der Waals surface area contributed by atoms with Crippen molar-refractivity contribution in [1.82, 2.24) is 0 Å². The number of hydrogen-bond donors (Lipinski definition) is 2. The molecular weight excluding hydrogens is 484 g/mol. The van der Waals surface area contributed by atoms with Crippen molar-refractivity contribution in [2.45, 2.75) is 74.1 Å². The lowest BCUT2D eigenvalue weighted by Crippen LogP contribution is -2.75. The summed E-state index contributed by atoms with van der Waals surface area (Å²) in [6, 6.07) is 0. The van der Waals surface area contributed by atoms with E-state index in [1.807, 2.05) is 0 Å². The van der Waals surface area contributed by atoms with Gasteiger partial charge in [0.05, 0.1) is 5.92 Å². The van der Waals surface area contributed by atoms with Gasteiger partial charge >= 0.3 is 41.9 Å². The van der Waals surface area contributed by atoms with Crippen molar-refractivity contribution in [2.24, 2.45) is 5.92 Å². The van der Waals surface area contributed by atoms with Crippen molar-refractivity contribution in [1.29, 1.82) is 0 Å². The fourth-order valence-corrected chi connectivity index (χ4v) is 3.31. The highest BCUT2D eigenvalue weighted by Gasteiger charge is 2.86. The van der Waals surface area contributed by atoms with Crippen LogP contribution in [-0.4, -0.2) is 57.7 Å². The summed E-state index contributed by atoms with van der Waals surface area (Å²) in [5.74, 6) is -32.6. The number of alkyl halides is 12. The van der Waals surface area contributed by atoms with E-state index in [9.17, 15) is 57.5 Å². The summed E-state index contributed by atoms with van der Waals surface area (Å²) in [5.41, 5.74) is -5.84. The van der Waals surface area contributed by atoms with Gasteiger partial charge in [-0.25, -0.2) is 4.79 Å². The van der Waals surface area contributed by atoms with Gasteiger partial charge in [0.15, 0.2) is 5.60 Å². The van der Waals surface area contributed by atoms with Crippen LogP contribution in [-0.2, 0) is 9.53 Å². The Bertz CT molecular complexity index is 740. The Labute approximate surface area is 171 Å². The van der Waals surface area contributed by atoms with Crippen LogP contribution in [0.1, 0.15) is 32.6 Å². The van der Waals surface area contributed by atoms with E-state index in [2.05, 4.69) is 11.3 Å². The number of rotatable bonds is 6. The van der Waals surface area contributed by atoms with Crippen LogP contribution in [0, 0.1) is 5.92 Å². The van der Waals surface area contributed by atoms with Crippen LogP contribution in [0.5, 0.6) is 0 Å². The summed E-state index contributed by atoms with van der Waals surface area (Å²) in [5, 5.41) is 17.7. The minimum Gasteiger partial charge on any atom is -0.448 e. The van der Waals surface area contributed by atoms with Gasteiger partial charge in [-0.3, -0.25) is 0 Å². The molecule has 0 radical (unpaired) electrons. The fraction of sp³-hybridized carbons (Fsp3) is 0.812. The van der Waals surface area contributed by atoms with Gasteiger partial charge in [-0.05, 0) is 26.2 Å². The molecule has 0 spiro atoms. The molecule has 16 heteroatoms. The minimum absolute atomic E-state index is 0.663. The van der Waals surface area contributed by atoms with Gasteiger partial charge < -0.3 is 14.9 Å². The van der Waals surface area contributed by atoms with Crippen LogP contribution in [0.25, 0.3) is 0 Å². The Morgan fingerprint density at radius 2 is 1.31 bits per heavy atom. The van der Waals surface area contributed by atoms with Gasteiger partial charge in [0.2, 0.25) is 0 Å². The molecule has 0 aromatic carbocycles. The molecule has 0 heterocycles. The molecule has 1 saturated carbocycles. The van der Waals surface area contributed by atoms with E-state index in [0.717, 1.165) is 0 Å². The molecule has 0 aromatic rings. The van der Waals surface area contributed by atoms with E-state index in [1.54, 1.807) is 0 Å². The van der Waals surface area contributed by atoms with Crippen LogP contribution >= 0.6 is 0 Å². The van der Waals surface area contributed by atoms with Gasteiger partial charge in [0.25, 0.3) is 0 Å². The van der Waals surface area contributed by atoms with Gasteiger partial charge in [-0.15, -0.1) is 0 Å². The molecule has 32 heavy (non-hydrogen) atoms. The van der Waals surface area contributed by atoms with Gasteiger partial charge in [-0.1, -0.05) is 13.0 Å². The van der Waals surface area contributed by atoms with E-state index in [-0.39, 0.29) is 0 Å². The lowest BCUT2D eigenvalue weighted by atomic mass is 9.65. The Morgan fingerprint density at radius 3 is 1.69 bits per heavy atom. The first-order chi connectivity index (χ1) is 13.9. The molecule has 1 fully saturated rings. The van der Waals surface area contributed by atoms with Gasteiger partial charge in [-0.2, -0.15) is 52.7 Å². The number of halogens is 12. The summed E-state index contributed by atoms with van der Waals surface area (Å²) >= 11 is 0. The third-order valence-corrected chi connectivity index (χ3v) is 5.06. The molecule has 4 nitrogen and oxygen atoms in total. The van der Waals surface area contributed by atoms with Crippen LogP contribution in [0.2, 0.25) is 0 Å². The Balaban J connectivity index is 3.95. The standard InChI is InChI=1S/C16H16F12O4/c1-7(2)9(29)32-10(12(19,20)14(22,31)16(26,27)28)6-4-3-5-8(10)11(17,18)13(21,30)15(23,24)25/h8,30-31H,1,3-6H2,2H3. The zero-order valence-electron chi connectivity index (χ0n) is 15.9. The first-order valence-corrected chi connectivity index (χ1v) is 8.52. The van der Waals surface area contributed by atoms with Crippen LogP contribution in [0.15, 0.2) is 12.2 Å². The predicted octanol–water partition coefficient (Wildman–Crippen LogP) is 4.75. The molecule has 0 saturated heterocycles. The molecule has 188 valence electrons. The second-order valence-corrected chi connectivity index (χ2v) is 7.29. The van der Waals surface area contributed by atoms with Crippen molar-refractivity contribution in [3.05, 3.63) is 12.2 Å². The van der Waals surface area contributed by atoms with E-state index in [4.69, 9.17) is 10.2 Å². The first kappa shape index (κ1) is 28.3. The zero-order valence-corrected chi connectivity index (χ0v) is 15.9. The molecule has 0 amide bonds. The van der Waals surface area contributed by atoms with Crippen molar-refractivity contribution < 1.29 is 72.4 Å². The highest BCUT2D eigenvalue weighted by Crippen LogP contribution is 2.62. The Morgan fingerprint density at radius 1 is 0.875 bits per heavy atom. The molecule has 1 rings (SSSR count). The summed E-state index contributed by atoms with van der Waals surface area (Å²) in [7, 11) is 0. The monoisotopic (exact) mass is 500 g/mol. The third-order valence-electron chi connectivity index (χ3n) is 5.06. The van der Waals surface area contributed by atoms with Crippen molar-refractivity contribution >= 4 is 5.97 Å². The molecule has 1 aliphatic carbocycles. The number of hydrogen-bond acceptors (Lipinski definition) is 4. The van der Waals surface area contributed by atoms with E-state index < -0.39 is 84.7 Å². The SMILES string of the molecule is C=C(C)C(=O)OC1(C(F)(F)C(O)(F)C(F)(F)F)CCCCC1C(F)(F)C(O)(F)C(F)(F)F. The van der Waals surface area contributed by atoms with Crippen LogP contribution in [0.3, 0.4) is 0 Å². The number of ether oxygens (including phenoxy) is 1. The highest BCUT2D eigenvalue weighted by atomic mass is 19.4. The molecule has 4 unspecified atom stereocenters. The zero-order chi connectivity index (χ0) is 25.8.